The second kappa shape index (κ2) is 6.26. The summed E-state index contributed by atoms with van der Waals surface area (Å²) < 4.78 is 0. The van der Waals surface area contributed by atoms with Crippen molar-refractivity contribution in [3.63, 3.8) is 0 Å². The topological polar surface area (TPSA) is 81.8 Å². The van der Waals surface area contributed by atoms with Crippen LogP contribution in [0.4, 0.5) is 11.8 Å². The molecule has 114 valence electrons. The van der Waals surface area contributed by atoms with E-state index in [1.54, 1.807) is 6.33 Å². The number of aromatic amines is 1. The summed E-state index contributed by atoms with van der Waals surface area (Å²) in [5.41, 5.74) is 1.58. The number of likely N-dealkylation sites (tertiary alicyclic amines) is 1. The number of H-pyrrole nitrogens is 1. The van der Waals surface area contributed by atoms with Gasteiger partial charge in [-0.25, -0.2) is 4.98 Å². The molecule has 0 spiro atoms. The Morgan fingerprint density at radius 1 is 1.38 bits per heavy atom. The molecule has 1 atom stereocenters. The molecule has 7 heteroatoms. The van der Waals surface area contributed by atoms with Crippen LogP contribution in [0, 0.1) is 0 Å². The lowest BCUT2D eigenvalue weighted by molar-refractivity contribution is 0.226. The third-order valence-corrected chi connectivity index (χ3v) is 3.91. The van der Waals surface area contributed by atoms with Gasteiger partial charge in [-0.05, 0) is 32.9 Å². The van der Waals surface area contributed by atoms with Gasteiger partial charge in [-0.15, -0.1) is 0 Å². The summed E-state index contributed by atoms with van der Waals surface area (Å²) in [5, 5.41) is 6.73. The predicted octanol–water partition coefficient (Wildman–Crippen LogP) is 1.68. The number of hydrogen-bond donors (Lipinski definition) is 3. The van der Waals surface area contributed by atoms with Crippen LogP contribution in [-0.4, -0.2) is 57.1 Å². The molecule has 0 radical (unpaired) electrons. The smallest absolute Gasteiger partial charge is 0.226 e. The number of fused-ring (bicyclic) bond motifs is 1. The van der Waals surface area contributed by atoms with Crippen LogP contribution in [0.1, 0.15) is 26.7 Å². The molecule has 1 unspecified atom stereocenters. The van der Waals surface area contributed by atoms with E-state index in [2.05, 4.69) is 42.4 Å². The summed E-state index contributed by atoms with van der Waals surface area (Å²) in [6, 6.07) is 0.426. The summed E-state index contributed by atoms with van der Waals surface area (Å²) >= 11 is 0. The molecule has 1 aliphatic heterocycles. The molecule has 1 aliphatic rings. The Bertz CT molecular complexity index is 594. The van der Waals surface area contributed by atoms with Crippen molar-refractivity contribution in [2.75, 3.05) is 36.8 Å². The number of piperidine rings is 1. The van der Waals surface area contributed by atoms with Crippen LogP contribution < -0.4 is 10.6 Å². The van der Waals surface area contributed by atoms with Crippen molar-refractivity contribution < 1.29 is 0 Å². The molecule has 0 bridgehead atoms. The minimum absolute atomic E-state index is 0.426. The molecule has 3 N–H and O–H groups in total. The second-order valence-corrected chi connectivity index (χ2v) is 5.40. The Morgan fingerprint density at radius 2 is 2.29 bits per heavy atom. The molecule has 3 heterocycles. The van der Waals surface area contributed by atoms with Crippen LogP contribution >= 0.6 is 0 Å². The number of anilines is 2. The van der Waals surface area contributed by atoms with Gasteiger partial charge in [-0.2, -0.15) is 9.97 Å². The number of likely N-dealkylation sites (N-methyl/N-ethyl adjacent to an activating group) is 1. The molecule has 3 rings (SSSR count). The van der Waals surface area contributed by atoms with E-state index < -0.39 is 0 Å². The van der Waals surface area contributed by atoms with E-state index >= 15 is 0 Å². The van der Waals surface area contributed by atoms with Crippen molar-refractivity contribution in [3.05, 3.63) is 6.33 Å². The third-order valence-electron chi connectivity index (χ3n) is 3.91. The van der Waals surface area contributed by atoms with Crippen molar-refractivity contribution in [1.82, 2.24) is 24.8 Å². The summed E-state index contributed by atoms with van der Waals surface area (Å²) in [4.78, 5) is 18.8. The number of aromatic nitrogens is 4. The number of nitrogens with one attached hydrogen (secondary N) is 3. The van der Waals surface area contributed by atoms with Crippen molar-refractivity contribution in [3.8, 4) is 0 Å². The first kappa shape index (κ1) is 14.1. The summed E-state index contributed by atoms with van der Waals surface area (Å²) in [6.45, 7) is 8.40. The van der Waals surface area contributed by atoms with E-state index in [1.165, 1.54) is 19.4 Å². The van der Waals surface area contributed by atoms with Crippen molar-refractivity contribution >= 4 is 22.9 Å². The average Bonchev–Trinajstić information content (AvgIpc) is 2.96. The van der Waals surface area contributed by atoms with E-state index in [9.17, 15) is 0 Å². The minimum atomic E-state index is 0.426. The standard InChI is InChI=1S/C14H23N7/c1-3-15-14-19-12-11(16-9-17-12)13(20-14)18-10-6-5-7-21(4-2)8-10/h9-10H,3-8H2,1-2H3,(H3,15,16,17,18,19,20). The maximum Gasteiger partial charge on any atom is 0.226 e. The highest BCUT2D eigenvalue weighted by atomic mass is 15.2. The van der Waals surface area contributed by atoms with Gasteiger partial charge in [-0.3, -0.25) is 0 Å². The molecule has 7 nitrogen and oxygen atoms in total. The van der Waals surface area contributed by atoms with Gasteiger partial charge in [0.15, 0.2) is 11.5 Å². The van der Waals surface area contributed by atoms with Crippen LogP contribution in [0.2, 0.25) is 0 Å². The van der Waals surface area contributed by atoms with Gasteiger partial charge in [0, 0.05) is 19.1 Å². The van der Waals surface area contributed by atoms with Gasteiger partial charge in [0.2, 0.25) is 5.95 Å². The Balaban J connectivity index is 1.83. The first-order chi connectivity index (χ1) is 10.3. The van der Waals surface area contributed by atoms with Gasteiger partial charge in [0.25, 0.3) is 0 Å². The largest absolute Gasteiger partial charge is 0.364 e. The van der Waals surface area contributed by atoms with E-state index in [0.717, 1.165) is 31.0 Å². The fourth-order valence-corrected chi connectivity index (χ4v) is 2.83. The van der Waals surface area contributed by atoms with Gasteiger partial charge in [-0.1, -0.05) is 6.92 Å². The zero-order chi connectivity index (χ0) is 14.7. The average molecular weight is 289 g/mol. The zero-order valence-corrected chi connectivity index (χ0v) is 12.7. The predicted molar refractivity (Wildman–Crippen MR) is 84.6 cm³/mol. The van der Waals surface area contributed by atoms with Crippen molar-refractivity contribution in [1.29, 1.82) is 0 Å². The lowest BCUT2D eigenvalue weighted by Gasteiger charge is -2.32. The lowest BCUT2D eigenvalue weighted by atomic mass is 10.1. The van der Waals surface area contributed by atoms with E-state index in [0.29, 0.717) is 17.6 Å². The second-order valence-electron chi connectivity index (χ2n) is 5.40. The molecule has 2 aromatic rings. The van der Waals surface area contributed by atoms with E-state index in [1.807, 2.05) is 6.92 Å². The van der Waals surface area contributed by atoms with Crippen LogP contribution in [-0.2, 0) is 0 Å². The van der Waals surface area contributed by atoms with Crippen molar-refractivity contribution in [2.24, 2.45) is 0 Å². The maximum absolute atomic E-state index is 4.58. The quantitative estimate of drug-likeness (QED) is 0.777. The molecule has 1 saturated heterocycles. The summed E-state index contributed by atoms with van der Waals surface area (Å²) in [6.07, 6.45) is 4.06. The molecule has 21 heavy (non-hydrogen) atoms. The molecular formula is C14H23N7. The van der Waals surface area contributed by atoms with Gasteiger partial charge < -0.3 is 20.5 Å². The Morgan fingerprint density at radius 3 is 3.10 bits per heavy atom. The SMILES string of the molecule is CCNc1nc(NC2CCCN(CC)C2)c2[nH]cnc2n1. The molecule has 0 amide bonds. The molecule has 0 aromatic carbocycles. The monoisotopic (exact) mass is 289 g/mol. The van der Waals surface area contributed by atoms with E-state index in [-0.39, 0.29) is 0 Å². The highest BCUT2D eigenvalue weighted by Gasteiger charge is 2.20. The highest BCUT2D eigenvalue weighted by Crippen LogP contribution is 2.21. The Hall–Kier alpha value is -1.89. The normalized spacial score (nSPS) is 19.8. The van der Waals surface area contributed by atoms with Crippen LogP contribution in [0.25, 0.3) is 11.2 Å². The van der Waals surface area contributed by atoms with Gasteiger partial charge >= 0.3 is 0 Å². The summed E-state index contributed by atoms with van der Waals surface area (Å²) in [5.74, 6) is 1.47. The number of hydrogen-bond acceptors (Lipinski definition) is 6. The summed E-state index contributed by atoms with van der Waals surface area (Å²) in [7, 11) is 0. The Labute approximate surface area is 124 Å². The number of nitrogens with zero attached hydrogens (tertiary/aromatic N) is 4. The molecule has 0 saturated carbocycles. The molecule has 1 fully saturated rings. The fourth-order valence-electron chi connectivity index (χ4n) is 2.83. The number of rotatable bonds is 5. The van der Waals surface area contributed by atoms with Crippen LogP contribution in [0.3, 0.4) is 0 Å². The van der Waals surface area contributed by atoms with Gasteiger partial charge in [0.1, 0.15) is 5.52 Å². The highest BCUT2D eigenvalue weighted by molar-refractivity contribution is 5.83. The molecular weight excluding hydrogens is 266 g/mol. The fraction of sp³-hybridized carbons (Fsp3) is 0.643. The molecule has 2 aromatic heterocycles. The zero-order valence-electron chi connectivity index (χ0n) is 12.7. The van der Waals surface area contributed by atoms with Crippen LogP contribution in [0.15, 0.2) is 6.33 Å². The lowest BCUT2D eigenvalue weighted by Crippen LogP contribution is -2.42. The first-order valence-electron chi connectivity index (χ1n) is 7.74. The third kappa shape index (κ3) is 3.07. The van der Waals surface area contributed by atoms with E-state index in [4.69, 9.17) is 0 Å². The molecule has 0 aliphatic carbocycles. The maximum atomic E-state index is 4.58. The van der Waals surface area contributed by atoms with Crippen molar-refractivity contribution in [2.45, 2.75) is 32.7 Å². The van der Waals surface area contributed by atoms with Gasteiger partial charge in [0.05, 0.1) is 6.33 Å². The first-order valence-corrected chi connectivity index (χ1v) is 7.74. The van der Waals surface area contributed by atoms with Crippen LogP contribution in [0.5, 0.6) is 0 Å². The minimum Gasteiger partial charge on any atom is -0.364 e. The Kier molecular flexibility index (Phi) is 4.19. The number of imidazole rings is 1.